The molecule has 1 amide bonds. The summed E-state index contributed by atoms with van der Waals surface area (Å²) in [6.07, 6.45) is 3.10. The van der Waals surface area contributed by atoms with Gasteiger partial charge in [0.15, 0.2) is 0 Å². The number of allylic oxidation sites excluding steroid dienone is 1. The predicted octanol–water partition coefficient (Wildman–Crippen LogP) is 3.01. The van der Waals surface area contributed by atoms with E-state index >= 15 is 0 Å². The molecule has 0 spiro atoms. The van der Waals surface area contributed by atoms with Gasteiger partial charge in [-0.15, -0.1) is 0 Å². The molecule has 1 heterocycles. The van der Waals surface area contributed by atoms with Gasteiger partial charge in [0, 0.05) is 13.1 Å². The zero-order valence-electron chi connectivity index (χ0n) is 7.04. The molecule has 1 aliphatic heterocycles. The van der Waals surface area contributed by atoms with Crippen molar-refractivity contribution in [3.8, 4) is 0 Å². The van der Waals surface area contributed by atoms with Crippen LogP contribution in [0.2, 0.25) is 0 Å². The highest BCUT2D eigenvalue weighted by Gasteiger charge is 2.20. The molecule has 5 heteroatoms. The lowest BCUT2D eigenvalue weighted by Crippen LogP contribution is -2.37. The highest BCUT2D eigenvalue weighted by Crippen LogP contribution is 2.24. The topological polar surface area (TPSA) is 40.5 Å². The molecule has 0 radical (unpaired) electrons. The molecule has 1 saturated heterocycles. The Hall–Kier alpha value is -0.0300. The molecular formula is C8H11Br2NO2. The first-order valence-electron chi connectivity index (χ1n) is 4.10. The Morgan fingerprint density at radius 2 is 1.92 bits per heavy atom. The molecular weight excluding hydrogens is 302 g/mol. The van der Waals surface area contributed by atoms with Crippen molar-refractivity contribution < 1.29 is 9.90 Å². The highest BCUT2D eigenvalue weighted by atomic mass is 79.9. The number of hydrogen-bond acceptors (Lipinski definition) is 1. The van der Waals surface area contributed by atoms with E-state index in [9.17, 15) is 4.79 Å². The van der Waals surface area contributed by atoms with Gasteiger partial charge in [-0.2, -0.15) is 0 Å². The van der Waals surface area contributed by atoms with Crippen molar-refractivity contribution in [1.82, 2.24) is 4.90 Å². The van der Waals surface area contributed by atoms with Crippen molar-refractivity contribution in [1.29, 1.82) is 0 Å². The number of piperidine rings is 1. The fraction of sp³-hybridized carbons (Fsp3) is 0.625. The first-order chi connectivity index (χ1) is 6.09. The molecule has 0 aliphatic carbocycles. The van der Waals surface area contributed by atoms with Gasteiger partial charge in [-0.3, -0.25) is 0 Å². The largest absolute Gasteiger partial charge is 0.465 e. The fourth-order valence-electron chi connectivity index (χ4n) is 1.44. The van der Waals surface area contributed by atoms with E-state index in [0.29, 0.717) is 19.0 Å². The zero-order chi connectivity index (χ0) is 9.84. The number of likely N-dealkylation sites (tertiary alicyclic amines) is 1. The lowest BCUT2D eigenvalue weighted by molar-refractivity contribution is 0.129. The quantitative estimate of drug-likeness (QED) is 0.808. The van der Waals surface area contributed by atoms with E-state index in [1.54, 1.807) is 0 Å². The van der Waals surface area contributed by atoms with Crippen LogP contribution in [0.4, 0.5) is 4.79 Å². The molecule has 0 bridgehead atoms. The first kappa shape index (κ1) is 11.0. The van der Waals surface area contributed by atoms with Crippen molar-refractivity contribution in [3.63, 3.8) is 0 Å². The summed E-state index contributed by atoms with van der Waals surface area (Å²) in [7, 11) is 0. The minimum absolute atomic E-state index is 0.490. The molecule has 0 saturated carbocycles. The Kier molecular flexibility index (Phi) is 4.25. The minimum Gasteiger partial charge on any atom is -0.465 e. The van der Waals surface area contributed by atoms with Gasteiger partial charge in [-0.25, -0.2) is 4.79 Å². The predicted molar refractivity (Wildman–Crippen MR) is 58.3 cm³/mol. The average molecular weight is 313 g/mol. The second-order valence-corrected chi connectivity index (χ2v) is 5.84. The van der Waals surface area contributed by atoms with Gasteiger partial charge in [-0.05, 0) is 50.6 Å². The first-order valence-corrected chi connectivity index (χ1v) is 5.69. The number of carbonyl (C=O) groups is 1. The van der Waals surface area contributed by atoms with Crippen molar-refractivity contribution in [2.75, 3.05) is 13.1 Å². The molecule has 1 N–H and O–H groups in total. The second-order valence-electron chi connectivity index (χ2n) is 3.06. The molecule has 0 aromatic rings. The van der Waals surface area contributed by atoms with Gasteiger partial charge in [0.1, 0.15) is 0 Å². The fourth-order valence-corrected chi connectivity index (χ4v) is 2.18. The van der Waals surface area contributed by atoms with Gasteiger partial charge < -0.3 is 10.0 Å². The van der Waals surface area contributed by atoms with E-state index in [2.05, 4.69) is 37.9 Å². The van der Waals surface area contributed by atoms with E-state index in [1.807, 2.05) is 0 Å². The number of rotatable bonds is 1. The van der Waals surface area contributed by atoms with E-state index in [1.165, 1.54) is 4.90 Å². The maximum Gasteiger partial charge on any atom is 0.407 e. The summed E-state index contributed by atoms with van der Waals surface area (Å²) in [6, 6.07) is 0. The Morgan fingerprint density at radius 3 is 2.31 bits per heavy atom. The molecule has 3 nitrogen and oxygen atoms in total. The third kappa shape index (κ3) is 3.68. The summed E-state index contributed by atoms with van der Waals surface area (Å²) in [4.78, 5) is 12.0. The van der Waals surface area contributed by atoms with Crippen LogP contribution >= 0.6 is 31.9 Å². The molecule has 0 unspecified atom stereocenters. The summed E-state index contributed by atoms with van der Waals surface area (Å²) in [6.45, 7) is 1.29. The molecule has 0 aromatic carbocycles. The van der Waals surface area contributed by atoms with Crippen LogP contribution in [0.5, 0.6) is 0 Å². The van der Waals surface area contributed by atoms with Crippen LogP contribution in [0.1, 0.15) is 12.8 Å². The van der Waals surface area contributed by atoms with Crippen molar-refractivity contribution in [3.05, 3.63) is 9.47 Å². The van der Waals surface area contributed by atoms with Crippen LogP contribution in [0, 0.1) is 5.92 Å². The average Bonchev–Trinajstić information content (AvgIpc) is 2.04. The highest BCUT2D eigenvalue weighted by molar-refractivity contribution is 9.28. The summed E-state index contributed by atoms with van der Waals surface area (Å²) in [5, 5.41) is 8.70. The lowest BCUT2D eigenvalue weighted by Gasteiger charge is -2.28. The Bertz CT molecular complexity index is 218. The van der Waals surface area contributed by atoms with Gasteiger partial charge in [0.25, 0.3) is 0 Å². The Balaban J connectivity index is 2.39. The van der Waals surface area contributed by atoms with E-state index in [4.69, 9.17) is 5.11 Å². The van der Waals surface area contributed by atoms with E-state index in [-0.39, 0.29) is 0 Å². The van der Waals surface area contributed by atoms with E-state index < -0.39 is 6.09 Å². The molecule has 13 heavy (non-hydrogen) atoms. The van der Waals surface area contributed by atoms with Gasteiger partial charge >= 0.3 is 6.09 Å². The van der Waals surface area contributed by atoms with Crippen LogP contribution in [-0.4, -0.2) is 29.2 Å². The normalized spacial score (nSPS) is 18.5. The molecule has 1 rings (SSSR count). The number of nitrogens with zero attached hydrogens (tertiary/aromatic N) is 1. The summed E-state index contributed by atoms with van der Waals surface area (Å²) >= 11 is 6.60. The van der Waals surface area contributed by atoms with Crippen LogP contribution in [0.15, 0.2) is 9.47 Å². The molecule has 0 atom stereocenters. The Labute approximate surface area is 94.0 Å². The number of hydrogen-bond donors (Lipinski definition) is 1. The zero-order valence-corrected chi connectivity index (χ0v) is 10.2. The standard InChI is InChI=1S/C8H11Br2NO2/c9-7(10)5-6-1-3-11(4-2-6)8(12)13/h5-6H,1-4H2,(H,12,13). The maximum atomic E-state index is 10.6. The van der Waals surface area contributed by atoms with Crippen LogP contribution in [-0.2, 0) is 0 Å². The minimum atomic E-state index is -0.805. The number of amides is 1. The van der Waals surface area contributed by atoms with Gasteiger partial charge in [-0.1, -0.05) is 6.08 Å². The van der Waals surface area contributed by atoms with Crippen molar-refractivity contribution >= 4 is 38.0 Å². The van der Waals surface area contributed by atoms with Crippen LogP contribution in [0.3, 0.4) is 0 Å². The SMILES string of the molecule is O=C(O)N1CCC(C=C(Br)Br)CC1. The molecule has 1 fully saturated rings. The summed E-state index contributed by atoms with van der Waals surface area (Å²) in [5.74, 6) is 0.490. The van der Waals surface area contributed by atoms with Crippen LogP contribution in [0.25, 0.3) is 0 Å². The smallest absolute Gasteiger partial charge is 0.407 e. The molecule has 74 valence electrons. The third-order valence-corrected chi connectivity index (χ3v) is 2.70. The van der Waals surface area contributed by atoms with Crippen LogP contribution < -0.4 is 0 Å². The Morgan fingerprint density at radius 1 is 1.38 bits per heavy atom. The second kappa shape index (κ2) is 5.00. The lowest BCUT2D eigenvalue weighted by atomic mass is 9.97. The molecule has 0 aromatic heterocycles. The summed E-state index contributed by atoms with van der Waals surface area (Å²) < 4.78 is 0.953. The maximum absolute atomic E-state index is 10.6. The molecule has 1 aliphatic rings. The van der Waals surface area contributed by atoms with Crippen molar-refractivity contribution in [2.24, 2.45) is 5.92 Å². The van der Waals surface area contributed by atoms with Gasteiger partial charge in [0.05, 0.1) is 3.39 Å². The summed E-state index contributed by atoms with van der Waals surface area (Å²) in [5.41, 5.74) is 0. The number of halogens is 2. The van der Waals surface area contributed by atoms with Crippen molar-refractivity contribution in [2.45, 2.75) is 12.8 Å². The van der Waals surface area contributed by atoms with E-state index in [0.717, 1.165) is 16.2 Å². The van der Waals surface area contributed by atoms with Gasteiger partial charge in [0.2, 0.25) is 0 Å². The number of carboxylic acid groups (broad SMARTS) is 1. The monoisotopic (exact) mass is 311 g/mol. The third-order valence-electron chi connectivity index (χ3n) is 2.17.